The van der Waals surface area contributed by atoms with Gasteiger partial charge in [-0.25, -0.2) is 4.79 Å². The van der Waals surface area contributed by atoms with Crippen molar-refractivity contribution < 1.29 is 9.90 Å². The highest BCUT2D eigenvalue weighted by Gasteiger charge is 2.29. The molecule has 0 aliphatic carbocycles. The SMILES string of the molecule is Cc1c2c(n(C)c(=O)/c1=C/C=CC=Cc1c(O)n(C)c(=O)[nH]c1=O)=NN(c1ccccc1)C2=O. The predicted molar refractivity (Wildman–Crippen MR) is 127 cm³/mol. The summed E-state index contributed by atoms with van der Waals surface area (Å²) < 4.78 is 2.25. The predicted octanol–water partition coefficient (Wildman–Crippen LogP) is 0.0314. The number of carbonyl (C=O) groups is 1. The number of aromatic nitrogens is 3. The van der Waals surface area contributed by atoms with Crippen LogP contribution in [0.25, 0.3) is 12.2 Å². The molecule has 0 unspecified atom stereocenters. The summed E-state index contributed by atoms with van der Waals surface area (Å²) in [6.45, 7) is 1.69. The zero-order valence-corrected chi connectivity index (χ0v) is 18.6. The first-order valence-corrected chi connectivity index (χ1v) is 10.3. The number of carbonyl (C=O) groups excluding carboxylic acids is 1. The number of aromatic amines is 1. The molecule has 0 saturated heterocycles. The molecule has 3 aromatic rings. The number of anilines is 1. The summed E-state index contributed by atoms with van der Waals surface area (Å²) in [6.07, 6.45) is 7.51. The van der Waals surface area contributed by atoms with Crippen LogP contribution in [0.2, 0.25) is 0 Å². The molecule has 172 valence electrons. The van der Waals surface area contributed by atoms with E-state index < -0.39 is 17.1 Å². The van der Waals surface area contributed by atoms with E-state index in [-0.39, 0.29) is 17.0 Å². The van der Waals surface area contributed by atoms with Crippen LogP contribution in [0.4, 0.5) is 5.69 Å². The number of pyridine rings is 1. The number of para-hydroxylation sites is 1. The minimum Gasteiger partial charge on any atom is -0.494 e. The van der Waals surface area contributed by atoms with E-state index in [0.29, 0.717) is 27.5 Å². The van der Waals surface area contributed by atoms with E-state index in [1.807, 2.05) is 6.07 Å². The van der Waals surface area contributed by atoms with Crippen molar-refractivity contribution in [3.05, 3.63) is 107 Å². The number of nitrogens with one attached hydrogen (secondary N) is 1. The molecule has 1 aromatic carbocycles. The van der Waals surface area contributed by atoms with E-state index in [9.17, 15) is 24.3 Å². The number of amides is 1. The maximum absolute atomic E-state index is 13.1. The average molecular weight is 459 g/mol. The molecule has 0 saturated carbocycles. The first kappa shape index (κ1) is 22.5. The van der Waals surface area contributed by atoms with Gasteiger partial charge in [0.1, 0.15) is 5.56 Å². The van der Waals surface area contributed by atoms with Crippen LogP contribution in [-0.2, 0) is 14.1 Å². The van der Waals surface area contributed by atoms with Crippen molar-refractivity contribution in [1.82, 2.24) is 14.1 Å². The third-order valence-corrected chi connectivity index (χ3v) is 5.53. The molecule has 0 atom stereocenters. The molecular formula is C24H21N5O5. The zero-order chi connectivity index (χ0) is 24.6. The molecular weight excluding hydrogens is 438 g/mol. The third kappa shape index (κ3) is 3.71. The first-order valence-electron chi connectivity index (χ1n) is 10.3. The van der Waals surface area contributed by atoms with Crippen molar-refractivity contribution in [2.24, 2.45) is 19.2 Å². The van der Waals surface area contributed by atoms with E-state index >= 15 is 0 Å². The van der Waals surface area contributed by atoms with Gasteiger partial charge in [-0.1, -0.05) is 36.4 Å². The van der Waals surface area contributed by atoms with Crippen LogP contribution in [0.5, 0.6) is 5.88 Å². The van der Waals surface area contributed by atoms with Gasteiger partial charge in [0.25, 0.3) is 17.0 Å². The Morgan fingerprint density at radius 1 is 0.971 bits per heavy atom. The number of fused-ring (bicyclic) bond motifs is 1. The smallest absolute Gasteiger partial charge is 0.330 e. The van der Waals surface area contributed by atoms with Gasteiger partial charge in [-0.05, 0) is 36.8 Å². The highest BCUT2D eigenvalue weighted by Crippen LogP contribution is 2.19. The first-order chi connectivity index (χ1) is 16.2. The number of nitrogens with zero attached hydrogens (tertiary/aromatic N) is 4. The Kier molecular flexibility index (Phi) is 5.72. The summed E-state index contributed by atoms with van der Waals surface area (Å²) in [5, 5.41) is 15.9. The molecule has 0 spiro atoms. The number of allylic oxidation sites excluding steroid dienone is 3. The topological polar surface area (TPSA) is 130 Å². The van der Waals surface area contributed by atoms with Crippen LogP contribution in [0.15, 0.2) is 68.0 Å². The molecule has 2 N–H and O–H groups in total. The van der Waals surface area contributed by atoms with Gasteiger partial charge in [-0.15, -0.1) is 5.10 Å². The lowest BCUT2D eigenvalue weighted by Gasteiger charge is -2.11. The summed E-state index contributed by atoms with van der Waals surface area (Å²) in [7, 11) is 2.88. The Hall–Kier alpha value is -4.73. The number of aromatic hydroxyl groups is 1. The lowest BCUT2D eigenvalue weighted by Crippen LogP contribution is -2.44. The van der Waals surface area contributed by atoms with Crippen LogP contribution in [0.1, 0.15) is 21.5 Å². The number of rotatable bonds is 4. The highest BCUT2D eigenvalue weighted by molar-refractivity contribution is 6.07. The van der Waals surface area contributed by atoms with Crippen molar-refractivity contribution in [3.8, 4) is 5.88 Å². The fourth-order valence-corrected chi connectivity index (χ4v) is 3.61. The van der Waals surface area contributed by atoms with Crippen LogP contribution >= 0.6 is 0 Å². The van der Waals surface area contributed by atoms with Crippen molar-refractivity contribution in [2.75, 3.05) is 5.01 Å². The van der Waals surface area contributed by atoms with Crippen LogP contribution < -0.4 is 32.5 Å². The van der Waals surface area contributed by atoms with Gasteiger partial charge in [0.2, 0.25) is 5.88 Å². The lowest BCUT2D eigenvalue weighted by atomic mass is 10.1. The normalized spacial score (nSPS) is 13.8. The van der Waals surface area contributed by atoms with Gasteiger partial charge in [-0.3, -0.25) is 28.5 Å². The Labute approximate surface area is 192 Å². The average Bonchev–Trinajstić information content (AvgIpc) is 3.17. The molecule has 3 heterocycles. The monoisotopic (exact) mass is 459 g/mol. The summed E-state index contributed by atoms with van der Waals surface area (Å²) in [5.74, 6) is -0.784. The molecule has 10 nitrogen and oxygen atoms in total. The van der Waals surface area contributed by atoms with Crippen molar-refractivity contribution in [1.29, 1.82) is 0 Å². The maximum Gasteiger partial charge on any atom is 0.330 e. The summed E-state index contributed by atoms with van der Waals surface area (Å²) in [5.41, 5.74) is -0.0900. The maximum atomic E-state index is 13.1. The van der Waals surface area contributed by atoms with Gasteiger partial charge in [0.15, 0.2) is 5.49 Å². The summed E-state index contributed by atoms with van der Waals surface area (Å²) >= 11 is 0. The number of benzene rings is 1. The lowest BCUT2D eigenvalue weighted by molar-refractivity contribution is 0.0994. The zero-order valence-electron chi connectivity index (χ0n) is 18.6. The van der Waals surface area contributed by atoms with E-state index in [2.05, 4.69) is 10.1 Å². The second-order valence-electron chi connectivity index (χ2n) is 7.62. The minimum atomic E-state index is -0.724. The highest BCUT2D eigenvalue weighted by atomic mass is 16.3. The van der Waals surface area contributed by atoms with Crippen LogP contribution in [-0.4, -0.2) is 25.1 Å². The summed E-state index contributed by atoms with van der Waals surface area (Å²) in [4.78, 5) is 51.5. The molecule has 0 bridgehead atoms. The second kappa shape index (κ2) is 8.66. The van der Waals surface area contributed by atoms with Gasteiger partial charge in [-0.2, -0.15) is 5.01 Å². The largest absolute Gasteiger partial charge is 0.494 e. The molecule has 1 aliphatic heterocycles. The molecule has 1 aliphatic rings. The van der Waals surface area contributed by atoms with Crippen molar-refractivity contribution in [2.45, 2.75) is 6.92 Å². The quantitative estimate of drug-likeness (QED) is 0.532. The third-order valence-electron chi connectivity index (χ3n) is 5.53. The van der Waals surface area contributed by atoms with Crippen molar-refractivity contribution in [3.63, 3.8) is 0 Å². The fraction of sp³-hybridized carbons (Fsp3) is 0.125. The standard InChI is InChI=1S/C24H21N5O5/c1-14-16(12-8-5-9-13-17-20(30)25-24(34)28(3)22(17)32)21(31)27(2)19-18(14)23(33)29(26-19)15-10-6-4-7-11-15/h4-13,32H,1-3H3,(H,25,30,34)/b8-5?,13-9?,16-12+. The van der Waals surface area contributed by atoms with Crippen LogP contribution in [0, 0.1) is 6.92 Å². The molecule has 4 rings (SSSR count). The van der Waals surface area contributed by atoms with Gasteiger partial charge < -0.3 is 5.11 Å². The molecule has 10 heteroatoms. The van der Waals surface area contributed by atoms with E-state index in [4.69, 9.17) is 0 Å². The molecule has 2 aromatic heterocycles. The van der Waals surface area contributed by atoms with Gasteiger partial charge in [0.05, 0.1) is 11.3 Å². The minimum absolute atomic E-state index is 0.0791. The summed E-state index contributed by atoms with van der Waals surface area (Å²) in [6, 6.07) is 8.95. The number of hydrogen-bond acceptors (Lipinski definition) is 6. The van der Waals surface area contributed by atoms with Crippen molar-refractivity contribution >= 4 is 23.7 Å². The molecule has 34 heavy (non-hydrogen) atoms. The second-order valence-corrected chi connectivity index (χ2v) is 7.62. The Morgan fingerprint density at radius 2 is 1.68 bits per heavy atom. The Morgan fingerprint density at radius 3 is 2.38 bits per heavy atom. The molecule has 0 fully saturated rings. The van der Waals surface area contributed by atoms with Gasteiger partial charge in [0, 0.05) is 19.3 Å². The number of H-pyrrole nitrogens is 1. The van der Waals surface area contributed by atoms with Gasteiger partial charge >= 0.3 is 5.69 Å². The molecule has 0 radical (unpaired) electrons. The van der Waals surface area contributed by atoms with E-state index in [0.717, 1.165) is 4.57 Å². The Bertz CT molecular complexity index is 1670. The molecule has 1 amide bonds. The van der Waals surface area contributed by atoms with E-state index in [1.54, 1.807) is 56.5 Å². The fourth-order valence-electron chi connectivity index (χ4n) is 3.61. The van der Waals surface area contributed by atoms with E-state index in [1.165, 1.54) is 28.8 Å². The Balaban J connectivity index is 1.71. The van der Waals surface area contributed by atoms with Crippen LogP contribution in [0.3, 0.4) is 0 Å². The number of hydrogen-bond donors (Lipinski definition) is 2.